The molecular formula is C18H24FNO2. The van der Waals surface area contributed by atoms with Crippen molar-refractivity contribution in [3.8, 4) is 0 Å². The minimum absolute atomic E-state index is 0.0764. The number of amides is 1. The fourth-order valence-corrected chi connectivity index (χ4v) is 3.03. The van der Waals surface area contributed by atoms with E-state index < -0.39 is 5.41 Å². The molecule has 0 aromatic heterocycles. The van der Waals surface area contributed by atoms with E-state index in [0.717, 1.165) is 43.8 Å². The van der Waals surface area contributed by atoms with E-state index in [2.05, 4.69) is 5.32 Å². The monoisotopic (exact) mass is 305 g/mol. The summed E-state index contributed by atoms with van der Waals surface area (Å²) in [5.74, 6) is 0.602. The highest BCUT2D eigenvalue weighted by Crippen LogP contribution is 2.43. The zero-order valence-corrected chi connectivity index (χ0v) is 12.9. The predicted octanol–water partition coefficient (Wildman–Crippen LogP) is 3.18. The van der Waals surface area contributed by atoms with Crippen LogP contribution in [0.1, 0.15) is 44.1 Å². The largest absolute Gasteiger partial charge is 0.381 e. The Morgan fingerprint density at radius 3 is 2.59 bits per heavy atom. The molecule has 1 aromatic rings. The molecule has 1 N–H and O–H groups in total. The Bertz CT molecular complexity index is 506. The lowest BCUT2D eigenvalue weighted by atomic mass is 9.64. The topological polar surface area (TPSA) is 38.3 Å². The first-order chi connectivity index (χ1) is 10.7. The van der Waals surface area contributed by atoms with Gasteiger partial charge in [0, 0.05) is 19.8 Å². The number of ether oxygens (including phenoxy) is 1. The lowest BCUT2D eigenvalue weighted by Gasteiger charge is -2.40. The maximum Gasteiger partial charge on any atom is 0.230 e. The lowest BCUT2D eigenvalue weighted by Crippen LogP contribution is -2.49. The molecule has 2 fully saturated rings. The summed E-state index contributed by atoms with van der Waals surface area (Å²) >= 11 is 0. The molecule has 0 heterocycles. The summed E-state index contributed by atoms with van der Waals surface area (Å²) in [6.07, 6.45) is 6.20. The molecule has 120 valence electrons. The standard InChI is InChI=1S/C18H24FNO2/c19-16-7-5-15(6-8-16)18(9-1-10-18)17(21)20-11-2-12-22-13-14-3-4-14/h5-8,14H,1-4,9-13H2,(H,20,21). The molecule has 3 nitrogen and oxygen atoms in total. The molecule has 0 unspecified atom stereocenters. The molecule has 0 aliphatic heterocycles. The minimum Gasteiger partial charge on any atom is -0.381 e. The van der Waals surface area contributed by atoms with E-state index in [1.807, 2.05) is 0 Å². The summed E-state index contributed by atoms with van der Waals surface area (Å²) < 4.78 is 18.6. The van der Waals surface area contributed by atoms with Gasteiger partial charge in [-0.1, -0.05) is 18.6 Å². The van der Waals surface area contributed by atoms with Gasteiger partial charge in [0.25, 0.3) is 0 Å². The molecule has 0 atom stereocenters. The van der Waals surface area contributed by atoms with E-state index in [9.17, 15) is 9.18 Å². The van der Waals surface area contributed by atoms with Crippen LogP contribution < -0.4 is 5.32 Å². The summed E-state index contributed by atoms with van der Waals surface area (Å²) in [6.45, 7) is 2.22. The molecule has 0 saturated heterocycles. The molecule has 1 amide bonds. The van der Waals surface area contributed by atoms with Gasteiger partial charge in [-0.05, 0) is 55.7 Å². The fourth-order valence-electron chi connectivity index (χ4n) is 3.03. The third-order valence-electron chi connectivity index (χ3n) is 4.84. The second-order valence-electron chi connectivity index (χ2n) is 6.57. The van der Waals surface area contributed by atoms with Crippen molar-refractivity contribution in [3.63, 3.8) is 0 Å². The van der Waals surface area contributed by atoms with Crippen LogP contribution in [0.2, 0.25) is 0 Å². The number of halogens is 1. The van der Waals surface area contributed by atoms with Gasteiger partial charge < -0.3 is 10.1 Å². The van der Waals surface area contributed by atoms with Crippen molar-refractivity contribution in [2.45, 2.75) is 43.9 Å². The van der Waals surface area contributed by atoms with E-state index >= 15 is 0 Å². The normalized spacial score (nSPS) is 19.5. The van der Waals surface area contributed by atoms with Gasteiger partial charge in [0.15, 0.2) is 0 Å². The van der Waals surface area contributed by atoms with Crippen LogP contribution in [-0.2, 0) is 14.9 Å². The second kappa shape index (κ2) is 6.78. The molecule has 0 spiro atoms. The number of hydrogen-bond acceptors (Lipinski definition) is 2. The Hall–Kier alpha value is -1.42. The van der Waals surface area contributed by atoms with Gasteiger partial charge in [-0.15, -0.1) is 0 Å². The zero-order chi connectivity index (χ0) is 15.4. The van der Waals surface area contributed by atoms with Gasteiger partial charge in [-0.3, -0.25) is 4.79 Å². The fraction of sp³-hybridized carbons (Fsp3) is 0.611. The number of carbonyl (C=O) groups is 1. The Labute approximate surface area is 131 Å². The van der Waals surface area contributed by atoms with Crippen molar-refractivity contribution in [3.05, 3.63) is 35.6 Å². The molecule has 2 aliphatic carbocycles. The first-order valence-corrected chi connectivity index (χ1v) is 8.33. The van der Waals surface area contributed by atoms with Crippen molar-refractivity contribution in [1.29, 1.82) is 0 Å². The van der Waals surface area contributed by atoms with Crippen LogP contribution in [0.4, 0.5) is 4.39 Å². The molecule has 2 aliphatic rings. The van der Waals surface area contributed by atoms with Crippen molar-refractivity contribution in [2.24, 2.45) is 5.92 Å². The maximum absolute atomic E-state index is 13.1. The quantitative estimate of drug-likeness (QED) is 0.749. The van der Waals surface area contributed by atoms with Crippen molar-refractivity contribution in [2.75, 3.05) is 19.8 Å². The van der Waals surface area contributed by atoms with Crippen LogP contribution in [0.3, 0.4) is 0 Å². The van der Waals surface area contributed by atoms with E-state index in [1.165, 1.54) is 25.0 Å². The van der Waals surface area contributed by atoms with Gasteiger partial charge in [0.1, 0.15) is 5.82 Å². The highest BCUT2D eigenvalue weighted by atomic mass is 19.1. The molecule has 22 heavy (non-hydrogen) atoms. The Balaban J connectivity index is 1.45. The predicted molar refractivity (Wildman–Crippen MR) is 83.1 cm³/mol. The van der Waals surface area contributed by atoms with Gasteiger partial charge in [0.05, 0.1) is 5.41 Å². The SMILES string of the molecule is O=C(NCCCOCC1CC1)C1(c2ccc(F)cc2)CCC1. The Morgan fingerprint density at radius 2 is 2.00 bits per heavy atom. The molecule has 0 radical (unpaired) electrons. The molecule has 4 heteroatoms. The van der Waals surface area contributed by atoms with Gasteiger partial charge in [-0.25, -0.2) is 4.39 Å². The number of carbonyl (C=O) groups excluding carboxylic acids is 1. The summed E-state index contributed by atoms with van der Waals surface area (Å²) in [4.78, 5) is 12.5. The third-order valence-corrected chi connectivity index (χ3v) is 4.84. The van der Waals surface area contributed by atoms with Crippen molar-refractivity contribution in [1.82, 2.24) is 5.32 Å². The third kappa shape index (κ3) is 3.49. The van der Waals surface area contributed by atoms with Crippen molar-refractivity contribution < 1.29 is 13.9 Å². The van der Waals surface area contributed by atoms with E-state index in [4.69, 9.17) is 4.74 Å². The minimum atomic E-state index is -0.442. The van der Waals surface area contributed by atoms with E-state index in [0.29, 0.717) is 13.2 Å². The summed E-state index contributed by atoms with van der Waals surface area (Å²) in [5.41, 5.74) is 0.491. The molecule has 1 aromatic carbocycles. The smallest absolute Gasteiger partial charge is 0.230 e. The van der Waals surface area contributed by atoms with Crippen LogP contribution >= 0.6 is 0 Å². The molecular weight excluding hydrogens is 281 g/mol. The van der Waals surface area contributed by atoms with Gasteiger partial charge in [0.2, 0.25) is 5.91 Å². The van der Waals surface area contributed by atoms with Gasteiger partial charge in [-0.2, -0.15) is 0 Å². The van der Waals surface area contributed by atoms with E-state index in [1.54, 1.807) is 12.1 Å². The van der Waals surface area contributed by atoms with Crippen LogP contribution in [0, 0.1) is 11.7 Å². The molecule has 2 saturated carbocycles. The van der Waals surface area contributed by atoms with E-state index in [-0.39, 0.29) is 11.7 Å². The highest BCUT2D eigenvalue weighted by Gasteiger charge is 2.45. The average molecular weight is 305 g/mol. The number of benzene rings is 1. The second-order valence-corrected chi connectivity index (χ2v) is 6.57. The summed E-state index contributed by atoms with van der Waals surface area (Å²) in [6, 6.07) is 6.36. The highest BCUT2D eigenvalue weighted by molar-refractivity contribution is 5.89. The Morgan fingerprint density at radius 1 is 1.27 bits per heavy atom. The van der Waals surface area contributed by atoms with Crippen molar-refractivity contribution >= 4 is 5.91 Å². The first kappa shape index (κ1) is 15.5. The number of hydrogen-bond donors (Lipinski definition) is 1. The van der Waals surface area contributed by atoms with Gasteiger partial charge >= 0.3 is 0 Å². The van der Waals surface area contributed by atoms with Crippen LogP contribution in [-0.4, -0.2) is 25.7 Å². The summed E-state index contributed by atoms with van der Waals surface area (Å²) in [7, 11) is 0. The first-order valence-electron chi connectivity index (χ1n) is 8.33. The maximum atomic E-state index is 13.1. The average Bonchev–Trinajstić information content (AvgIpc) is 3.27. The van der Waals surface area contributed by atoms with Crippen LogP contribution in [0.15, 0.2) is 24.3 Å². The van der Waals surface area contributed by atoms with Crippen LogP contribution in [0.25, 0.3) is 0 Å². The zero-order valence-electron chi connectivity index (χ0n) is 12.9. The number of nitrogens with one attached hydrogen (secondary N) is 1. The lowest BCUT2D eigenvalue weighted by molar-refractivity contribution is -0.130. The Kier molecular flexibility index (Phi) is 4.77. The summed E-state index contributed by atoms with van der Waals surface area (Å²) in [5, 5.41) is 3.03. The number of rotatable bonds is 8. The molecule has 0 bridgehead atoms. The van der Waals surface area contributed by atoms with Crippen LogP contribution in [0.5, 0.6) is 0 Å². The molecule has 3 rings (SSSR count).